The minimum Gasteiger partial charge on any atom is -0.353 e. The monoisotopic (exact) mass is 476 g/mol. The van der Waals surface area contributed by atoms with E-state index in [1.807, 2.05) is 25.1 Å². The lowest BCUT2D eigenvalue weighted by Gasteiger charge is -2.29. The van der Waals surface area contributed by atoms with E-state index >= 15 is 0 Å². The highest BCUT2D eigenvalue weighted by Crippen LogP contribution is 2.32. The third kappa shape index (κ3) is 5.88. The highest BCUT2D eigenvalue weighted by molar-refractivity contribution is 6.08. The Bertz CT molecular complexity index is 1170. The van der Waals surface area contributed by atoms with Gasteiger partial charge >= 0.3 is 0 Å². The molecule has 35 heavy (non-hydrogen) atoms. The van der Waals surface area contributed by atoms with Crippen LogP contribution in [0.25, 0.3) is 22.3 Å². The van der Waals surface area contributed by atoms with Gasteiger partial charge in [0.05, 0.1) is 21.1 Å². The second kappa shape index (κ2) is 11.7. The Morgan fingerprint density at radius 2 is 1.51 bits per heavy atom. The van der Waals surface area contributed by atoms with E-state index in [9.17, 15) is 13.2 Å². The molecule has 0 unspecified atom stereocenters. The summed E-state index contributed by atoms with van der Waals surface area (Å²) in [6.07, 6.45) is 5.89. The largest absolute Gasteiger partial charge is 0.353 e. The zero-order chi connectivity index (χ0) is 24.8. The van der Waals surface area contributed by atoms with Crippen LogP contribution in [-0.2, 0) is 15.9 Å². The predicted octanol–water partition coefficient (Wildman–Crippen LogP) is 7.38. The van der Waals surface area contributed by atoms with Gasteiger partial charge in [-0.25, -0.2) is 13.2 Å². The molecule has 1 fully saturated rings. The summed E-state index contributed by atoms with van der Waals surface area (Å²) in [6, 6.07) is 15.1. The van der Waals surface area contributed by atoms with Crippen LogP contribution in [0.15, 0.2) is 66.7 Å². The Hall–Kier alpha value is -2.83. The van der Waals surface area contributed by atoms with E-state index < -0.39 is 17.9 Å². The van der Waals surface area contributed by atoms with Crippen LogP contribution in [0.2, 0.25) is 6.32 Å². The van der Waals surface area contributed by atoms with E-state index in [1.165, 1.54) is 6.07 Å². The molecule has 2 radical (unpaired) electrons. The Balaban J connectivity index is 1.49. The third-order valence-electron chi connectivity index (χ3n) is 6.28. The lowest BCUT2D eigenvalue weighted by Crippen LogP contribution is -2.30. The average molecular weight is 476 g/mol. The molecular weight excluding hydrogens is 448 g/mol. The number of hydrogen-bond acceptors (Lipinski definition) is 2. The second-order valence-electron chi connectivity index (χ2n) is 8.66. The van der Waals surface area contributed by atoms with Crippen molar-refractivity contribution in [1.82, 2.24) is 0 Å². The number of halogens is 3. The molecule has 0 amide bonds. The maximum absolute atomic E-state index is 15.0. The lowest BCUT2D eigenvalue weighted by molar-refractivity contribution is -0.175. The molecule has 1 saturated heterocycles. The van der Waals surface area contributed by atoms with Gasteiger partial charge in [-0.05, 0) is 53.9 Å². The first-order valence-electron chi connectivity index (χ1n) is 12.0. The summed E-state index contributed by atoms with van der Waals surface area (Å²) in [7, 11) is 5.54. The van der Waals surface area contributed by atoms with Crippen LogP contribution in [-0.4, -0.2) is 27.4 Å². The van der Waals surface area contributed by atoms with Crippen molar-refractivity contribution < 1.29 is 22.6 Å². The standard InChI is InChI=1S/C29H28BF3O2/c1-2-3-4-5-6-21-11-14-25(29(33)28(21)32)20-9-7-19(8-10-20)24-13-12-22(15-26(24)31)23-17-34-27(16-30)35-18-23/h3-4,7-15,23,27H,2,5-6,16-18H2,1H3/b4-3+. The van der Waals surface area contributed by atoms with E-state index in [-0.39, 0.29) is 23.6 Å². The molecular formula is C29H28BF3O2. The minimum absolute atomic E-state index is 0.0627. The quantitative estimate of drug-likeness (QED) is 0.250. The van der Waals surface area contributed by atoms with Crippen LogP contribution in [0.1, 0.15) is 36.8 Å². The molecule has 3 aromatic rings. The molecule has 4 rings (SSSR count). The van der Waals surface area contributed by atoms with E-state index in [4.69, 9.17) is 17.3 Å². The Morgan fingerprint density at radius 3 is 2.14 bits per heavy atom. The molecule has 6 heteroatoms. The van der Waals surface area contributed by atoms with Gasteiger partial charge in [-0.2, -0.15) is 0 Å². The fourth-order valence-corrected chi connectivity index (χ4v) is 4.25. The molecule has 0 aromatic heterocycles. The molecule has 0 saturated carbocycles. The van der Waals surface area contributed by atoms with Crippen molar-refractivity contribution in [3.63, 3.8) is 0 Å². The van der Waals surface area contributed by atoms with Crippen molar-refractivity contribution in [3.8, 4) is 22.3 Å². The summed E-state index contributed by atoms with van der Waals surface area (Å²) in [6.45, 7) is 2.87. The van der Waals surface area contributed by atoms with Crippen molar-refractivity contribution >= 4 is 7.85 Å². The molecule has 1 aliphatic heterocycles. The maximum atomic E-state index is 15.0. The number of hydrogen-bond donors (Lipinski definition) is 0. The first-order valence-corrected chi connectivity index (χ1v) is 12.0. The zero-order valence-electron chi connectivity index (χ0n) is 19.8. The molecule has 0 bridgehead atoms. The van der Waals surface area contributed by atoms with Gasteiger partial charge in [-0.3, -0.25) is 0 Å². The van der Waals surface area contributed by atoms with Crippen LogP contribution in [0.3, 0.4) is 0 Å². The Morgan fingerprint density at radius 1 is 0.857 bits per heavy atom. The summed E-state index contributed by atoms with van der Waals surface area (Å²) in [5.41, 5.74) is 2.95. The average Bonchev–Trinajstić information content (AvgIpc) is 2.89. The summed E-state index contributed by atoms with van der Waals surface area (Å²) in [5, 5.41) is 0. The topological polar surface area (TPSA) is 18.5 Å². The van der Waals surface area contributed by atoms with Crippen molar-refractivity contribution in [2.24, 2.45) is 0 Å². The Labute approximate surface area is 206 Å². The van der Waals surface area contributed by atoms with Gasteiger partial charge in [0.2, 0.25) is 0 Å². The number of aryl methyl sites for hydroxylation is 1. The van der Waals surface area contributed by atoms with Crippen molar-refractivity contribution in [1.29, 1.82) is 0 Å². The number of allylic oxidation sites excluding steroid dienone is 2. The minimum atomic E-state index is -0.862. The van der Waals surface area contributed by atoms with E-state index in [1.54, 1.807) is 42.5 Å². The van der Waals surface area contributed by atoms with Gasteiger partial charge < -0.3 is 9.47 Å². The first-order chi connectivity index (χ1) is 17.0. The third-order valence-corrected chi connectivity index (χ3v) is 6.28. The second-order valence-corrected chi connectivity index (χ2v) is 8.66. The molecule has 0 N–H and O–H groups in total. The summed E-state index contributed by atoms with van der Waals surface area (Å²) >= 11 is 0. The summed E-state index contributed by atoms with van der Waals surface area (Å²) in [4.78, 5) is 0. The van der Waals surface area contributed by atoms with Gasteiger partial charge in [0.1, 0.15) is 12.1 Å². The molecule has 180 valence electrons. The molecule has 0 spiro atoms. The molecule has 1 aliphatic rings. The number of ether oxygens (including phenoxy) is 2. The van der Waals surface area contributed by atoms with Crippen LogP contribution in [0.4, 0.5) is 13.2 Å². The van der Waals surface area contributed by atoms with Crippen molar-refractivity contribution in [3.05, 3.63) is 95.3 Å². The van der Waals surface area contributed by atoms with Gasteiger partial charge in [0.25, 0.3) is 0 Å². The molecule has 1 heterocycles. The SMILES string of the molecule is [B]CC1OCC(c2ccc(-c3ccc(-c4ccc(CC/C=C/CC)c(F)c4F)cc3)c(F)c2)CO1. The molecule has 2 nitrogen and oxygen atoms in total. The summed E-state index contributed by atoms with van der Waals surface area (Å²) in [5.74, 6) is -2.10. The highest BCUT2D eigenvalue weighted by atomic mass is 19.2. The van der Waals surface area contributed by atoms with Gasteiger partial charge in [-0.15, -0.1) is 0 Å². The van der Waals surface area contributed by atoms with E-state index in [2.05, 4.69) is 0 Å². The van der Waals surface area contributed by atoms with Crippen LogP contribution >= 0.6 is 0 Å². The fraction of sp³-hybridized carbons (Fsp3) is 0.310. The fourth-order valence-electron chi connectivity index (χ4n) is 4.25. The van der Waals surface area contributed by atoms with Crippen LogP contribution in [0, 0.1) is 17.5 Å². The van der Waals surface area contributed by atoms with Crippen molar-refractivity contribution in [2.45, 2.75) is 44.7 Å². The summed E-state index contributed by atoms with van der Waals surface area (Å²) < 4.78 is 55.4. The smallest absolute Gasteiger partial charge is 0.166 e. The molecule has 0 atom stereocenters. The lowest BCUT2D eigenvalue weighted by atomic mass is 9.94. The van der Waals surface area contributed by atoms with Gasteiger partial charge in [-0.1, -0.05) is 67.6 Å². The van der Waals surface area contributed by atoms with Crippen molar-refractivity contribution in [2.75, 3.05) is 13.2 Å². The first kappa shape index (κ1) is 25.3. The number of rotatable bonds is 8. The van der Waals surface area contributed by atoms with Crippen LogP contribution < -0.4 is 0 Å². The number of benzene rings is 3. The normalized spacial score (nSPS) is 18.3. The molecule has 3 aromatic carbocycles. The zero-order valence-corrected chi connectivity index (χ0v) is 19.8. The van der Waals surface area contributed by atoms with Crippen LogP contribution in [0.5, 0.6) is 0 Å². The van der Waals surface area contributed by atoms with E-state index in [0.717, 1.165) is 12.0 Å². The van der Waals surface area contributed by atoms with Gasteiger partial charge in [0.15, 0.2) is 11.6 Å². The molecule has 0 aliphatic carbocycles. The van der Waals surface area contributed by atoms with E-state index in [0.29, 0.717) is 48.3 Å². The van der Waals surface area contributed by atoms with Gasteiger partial charge in [0, 0.05) is 17.0 Å². The highest BCUT2D eigenvalue weighted by Gasteiger charge is 2.23. The predicted molar refractivity (Wildman–Crippen MR) is 134 cm³/mol. The maximum Gasteiger partial charge on any atom is 0.166 e. The Kier molecular flexibility index (Phi) is 8.48.